The van der Waals surface area contributed by atoms with Crippen LogP contribution < -0.4 is 5.32 Å². The first-order valence-electron chi connectivity index (χ1n) is 4.40. The normalized spacial score (nSPS) is 11.2. The van der Waals surface area contributed by atoms with Gasteiger partial charge in [-0.05, 0) is 30.7 Å². The Labute approximate surface area is 91.3 Å². The van der Waals surface area contributed by atoms with Crippen molar-refractivity contribution in [2.45, 2.75) is 19.5 Å². The van der Waals surface area contributed by atoms with Gasteiger partial charge in [-0.1, -0.05) is 19.1 Å². The number of benzene rings is 1. The fourth-order valence-corrected chi connectivity index (χ4v) is 1.11. The van der Waals surface area contributed by atoms with Crippen molar-refractivity contribution in [2.75, 3.05) is 5.32 Å². The molecule has 0 aliphatic carbocycles. The number of hydrogen-bond acceptors (Lipinski definition) is 1. The van der Waals surface area contributed by atoms with Crippen LogP contribution in [-0.2, 0) is 6.18 Å². The van der Waals surface area contributed by atoms with Gasteiger partial charge in [0.1, 0.15) is 0 Å². The van der Waals surface area contributed by atoms with Crippen molar-refractivity contribution in [3.63, 3.8) is 0 Å². The van der Waals surface area contributed by atoms with E-state index < -0.39 is 11.7 Å². The van der Waals surface area contributed by atoms with E-state index in [1.807, 2.05) is 6.92 Å². The third kappa shape index (κ3) is 3.51. The fraction of sp³-hybridized carbons (Fsp3) is 0.300. The van der Waals surface area contributed by atoms with Gasteiger partial charge in [-0.2, -0.15) is 13.2 Å². The maximum atomic E-state index is 12.2. The second kappa shape index (κ2) is 4.61. The molecule has 0 spiro atoms. The second-order valence-electron chi connectivity index (χ2n) is 2.98. The molecule has 0 amide bonds. The van der Waals surface area contributed by atoms with E-state index >= 15 is 0 Å². The summed E-state index contributed by atoms with van der Waals surface area (Å²) < 4.78 is 36.6. The van der Waals surface area contributed by atoms with E-state index in [1.54, 1.807) is 0 Å². The number of anilines is 1. The lowest BCUT2D eigenvalue weighted by molar-refractivity contribution is -0.137. The number of rotatable bonds is 2. The molecule has 0 heterocycles. The summed E-state index contributed by atoms with van der Waals surface area (Å²) in [4.78, 5) is 0.606. The standard InChI is InChI=1S/C10H10F3NS/c1-2-9(15)14-8-5-3-7(4-6-8)10(11,12)13/h3-6H,2H2,1H3,(H,14,15). The summed E-state index contributed by atoms with van der Waals surface area (Å²) in [6.07, 6.45) is -3.62. The topological polar surface area (TPSA) is 12.0 Å². The van der Waals surface area contributed by atoms with Crippen LogP contribution in [0.1, 0.15) is 18.9 Å². The van der Waals surface area contributed by atoms with Crippen LogP contribution in [0.15, 0.2) is 24.3 Å². The van der Waals surface area contributed by atoms with Crippen LogP contribution >= 0.6 is 12.2 Å². The average molecular weight is 233 g/mol. The molecule has 0 saturated heterocycles. The first kappa shape index (κ1) is 12.0. The molecule has 0 aromatic heterocycles. The summed E-state index contributed by atoms with van der Waals surface area (Å²) >= 11 is 4.91. The maximum absolute atomic E-state index is 12.2. The van der Waals surface area contributed by atoms with Gasteiger partial charge in [-0.15, -0.1) is 0 Å². The highest BCUT2D eigenvalue weighted by molar-refractivity contribution is 7.80. The summed E-state index contributed by atoms with van der Waals surface area (Å²) in [5, 5.41) is 2.83. The van der Waals surface area contributed by atoms with Crippen molar-refractivity contribution >= 4 is 22.9 Å². The van der Waals surface area contributed by atoms with Crippen LogP contribution in [0.2, 0.25) is 0 Å². The van der Waals surface area contributed by atoms with E-state index in [-0.39, 0.29) is 0 Å². The summed E-state index contributed by atoms with van der Waals surface area (Å²) in [6.45, 7) is 1.87. The van der Waals surface area contributed by atoms with Crippen molar-refractivity contribution in [1.82, 2.24) is 0 Å². The predicted molar refractivity (Wildman–Crippen MR) is 58.0 cm³/mol. The van der Waals surface area contributed by atoms with Gasteiger partial charge >= 0.3 is 6.18 Å². The van der Waals surface area contributed by atoms with Crippen LogP contribution in [0.4, 0.5) is 18.9 Å². The van der Waals surface area contributed by atoms with Crippen molar-refractivity contribution in [2.24, 2.45) is 0 Å². The molecule has 1 N–H and O–H groups in total. The molecule has 0 bridgehead atoms. The quantitative estimate of drug-likeness (QED) is 0.778. The minimum atomic E-state index is -4.29. The summed E-state index contributed by atoms with van der Waals surface area (Å²) in [5.41, 5.74) is -0.0784. The van der Waals surface area contributed by atoms with Gasteiger partial charge in [0, 0.05) is 5.69 Å². The third-order valence-corrected chi connectivity index (χ3v) is 2.21. The molecule has 0 saturated carbocycles. The Morgan fingerprint density at radius 2 is 1.80 bits per heavy atom. The number of thiocarbonyl (C=S) groups is 1. The van der Waals surface area contributed by atoms with Crippen LogP contribution in [0.5, 0.6) is 0 Å². The van der Waals surface area contributed by atoms with Crippen molar-refractivity contribution in [1.29, 1.82) is 0 Å². The molecule has 1 nitrogen and oxygen atoms in total. The largest absolute Gasteiger partial charge is 0.416 e. The van der Waals surface area contributed by atoms with Crippen LogP contribution in [-0.4, -0.2) is 4.99 Å². The lowest BCUT2D eigenvalue weighted by Gasteiger charge is -2.09. The van der Waals surface area contributed by atoms with E-state index in [0.717, 1.165) is 12.1 Å². The molecular weight excluding hydrogens is 223 g/mol. The molecule has 5 heteroatoms. The number of nitrogens with one attached hydrogen (secondary N) is 1. The Bertz CT molecular complexity index is 343. The molecule has 1 rings (SSSR count). The van der Waals surface area contributed by atoms with E-state index in [1.165, 1.54) is 12.1 Å². The molecule has 1 aromatic rings. The smallest absolute Gasteiger partial charge is 0.350 e. The van der Waals surface area contributed by atoms with E-state index in [0.29, 0.717) is 17.1 Å². The van der Waals surface area contributed by atoms with Gasteiger partial charge in [0.15, 0.2) is 0 Å². The number of halogens is 3. The van der Waals surface area contributed by atoms with Crippen LogP contribution in [0.25, 0.3) is 0 Å². The van der Waals surface area contributed by atoms with Gasteiger partial charge in [0.05, 0.1) is 10.6 Å². The van der Waals surface area contributed by atoms with Gasteiger partial charge in [0.25, 0.3) is 0 Å². The molecular formula is C10H10F3NS. The summed E-state index contributed by atoms with van der Waals surface area (Å²) in [6, 6.07) is 4.79. The first-order chi connectivity index (χ1) is 6.93. The molecule has 0 atom stereocenters. The lowest BCUT2D eigenvalue weighted by Crippen LogP contribution is -2.08. The lowest BCUT2D eigenvalue weighted by atomic mass is 10.2. The highest BCUT2D eigenvalue weighted by Crippen LogP contribution is 2.29. The Balaban J connectivity index is 2.77. The predicted octanol–water partition coefficient (Wildman–Crippen LogP) is 3.85. The van der Waals surface area contributed by atoms with Crippen LogP contribution in [0.3, 0.4) is 0 Å². The third-order valence-electron chi connectivity index (χ3n) is 1.82. The zero-order valence-electron chi connectivity index (χ0n) is 8.06. The zero-order chi connectivity index (χ0) is 11.5. The van der Waals surface area contributed by atoms with Gasteiger partial charge < -0.3 is 5.32 Å². The highest BCUT2D eigenvalue weighted by atomic mass is 32.1. The SMILES string of the molecule is CCC(=S)Nc1ccc(C(F)(F)F)cc1. The Morgan fingerprint density at radius 1 is 1.27 bits per heavy atom. The molecule has 1 aromatic carbocycles. The van der Waals surface area contributed by atoms with Crippen LogP contribution in [0, 0.1) is 0 Å². The average Bonchev–Trinajstić information content (AvgIpc) is 2.17. The minimum Gasteiger partial charge on any atom is -0.350 e. The summed E-state index contributed by atoms with van der Waals surface area (Å²) in [7, 11) is 0. The number of hydrogen-bond donors (Lipinski definition) is 1. The zero-order valence-corrected chi connectivity index (χ0v) is 8.88. The Morgan fingerprint density at radius 3 is 2.20 bits per heavy atom. The van der Waals surface area contributed by atoms with Gasteiger partial charge in [-0.3, -0.25) is 0 Å². The highest BCUT2D eigenvalue weighted by Gasteiger charge is 2.29. The summed E-state index contributed by atoms with van der Waals surface area (Å²) in [5.74, 6) is 0. The Hall–Kier alpha value is -1.10. The fourth-order valence-electron chi connectivity index (χ4n) is 0.992. The van der Waals surface area contributed by atoms with E-state index in [9.17, 15) is 13.2 Å². The van der Waals surface area contributed by atoms with E-state index in [4.69, 9.17) is 12.2 Å². The molecule has 82 valence electrons. The monoisotopic (exact) mass is 233 g/mol. The van der Waals surface area contributed by atoms with Crippen molar-refractivity contribution in [3.8, 4) is 0 Å². The van der Waals surface area contributed by atoms with Gasteiger partial charge in [-0.25, -0.2) is 0 Å². The molecule has 15 heavy (non-hydrogen) atoms. The maximum Gasteiger partial charge on any atom is 0.416 e. The number of alkyl halides is 3. The first-order valence-corrected chi connectivity index (χ1v) is 4.81. The van der Waals surface area contributed by atoms with E-state index in [2.05, 4.69) is 5.32 Å². The molecule has 0 fully saturated rings. The second-order valence-corrected chi connectivity index (χ2v) is 3.47. The minimum absolute atomic E-state index is 0.579. The molecule has 0 radical (unpaired) electrons. The van der Waals surface area contributed by atoms with Gasteiger partial charge in [0.2, 0.25) is 0 Å². The van der Waals surface area contributed by atoms with Crippen molar-refractivity contribution < 1.29 is 13.2 Å². The van der Waals surface area contributed by atoms with Crippen molar-refractivity contribution in [3.05, 3.63) is 29.8 Å². The molecule has 0 unspecified atom stereocenters. The Kier molecular flexibility index (Phi) is 3.68. The molecule has 0 aliphatic rings. The molecule has 0 aliphatic heterocycles.